The standard InChI is InChI=1S/C7H6N2O3S/c8-7(10)4-2-1-3-5(6(4)13)9(11)12/h1-3,13H,(H2,8,10). The lowest BCUT2D eigenvalue weighted by Gasteiger charge is -2.00. The van der Waals surface area contributed by atoms with Gasteiger partial charge in [-0.05, 0) is 6.07 Å². The van der Waals surface area contributed by atoms with E-state index in [1.807, 2.05) is 0 Å². The molecule has 0 heterocycles. The Morgan fingerprint density at radius 2 is 2.15 bits per heavy atom. The van der Waals surface area contributed by atoms with Crippen molar-refractivity contribution in [3.8, 4) is 0 Å². The van der Waals surface area contributed by atoms with Gasteiger partial charge < -0.3 is 5.73 Å². The van der Waals surface area contributed by atoms with Crippen LogP contribution in [0.15, 0.2) is 23.1 Å². The molecule has 0 bridgehead atoms. The van der Waals surface area contributed by atoms with Crippen LogP contribution in [0.2, 0.25) is 0 Å². The Labute approximate surface area is 79.1 Å². The van der Waals surface area contributed by atoms with E-state index in [1.54, 1.807) is 0 Å². The SMILES string of the molecule is NC(=O)c1cccc([N+](=O)[O-])c1S. The molecule has 0 aliphatic carbocycles. The Hall–Kier alpha value is -1.56. The van der Waals surface area contributed by atoms with Crippen LogP contribution in [-0.2, 0) is 0 Å². The zero-order valence-corrected chi connectivity index (χ0v) is 7.32. The highest BCUT2D eigenvalue weighted by atomic mass is 32.1. The molecular weight excluding hydrogens is 192 g/mol. The summed E-state index contributed by atoms with van der Waals surface area (Å²) in [6.07, 6.45) is 0. The van der Waals surface area contributed by atoms with Gasteiger partial charge in [0.15, 0.2) is 0 Å². The highest BCUT2D eigenvalue weighted by Gasteiger charge is 2.16. The molecule has 0 atom stereocenters. The molecule has 0 aliphatic heterocycles. The van der Waals surface area contributed by atoms with Crippen LogP contribution < -0.4 is 5.73 Å². The molecule has 0 unspecified atom stereocenters. The Bertz CT molecular complexity index is 346. The molecule has 0 saturated heterocycles. The van der Waals surface area contributed by atoms with Crippen LogP contribution >= 0.6 is 12.6 Å². The number of nitro benzene ring substituents is 1. The van der Waals surface area contributed by atoms with Crippen molar-refractivity contribution in [3.63, 3.8) is 0 Å². The molecule has 2 N–H and O–H groups in total. The maximum absolute atomic E-state index is 10.7. The van der Waals surface area contributed by atoms with E-state index in [-0.39, 0.29) is 16.1 Å². The van der Waals surface area contributed by atoms with Crippen molar-refractivity contribution in [2.24, 2.45) is 5.73 Å². The molecule has 0 saturated carbocycles. The molecule has 6 heteroatoms. The number of carbonyl (C=O) groups excluding carboxylic acids is 1. The molecule has 1 aromatic carbocycles. The summed E-state index contributed by atoms with van der Waals surface area (Å²) in [6, 6.07) is 4.03. The highest BCUT2D eigenvalue weighted by molar-refractivity contribution is 7.80. The summed E-state index contributed by atoms with van der Waals surface area (Å²) in [6.45, 7) is 0. The smallest absolute Gasteiger partial charge is 0.283 e. The number of benzene rings is 1. The second-order valence-corrected chi connectivity index (χ2v) is 2.74. The Morgan fingerprint density at radius 1 is 1.54 bits per heavy atom. The number of primary amides is 1. The largest absolute Gasteiger partial charge is 0.366 e. The maximum Gasteiger partial charge on any atom is 0.283 e. The fraction of sp³-hybridized carbons (Fsp3) is 0. The summed E-state index contributed by atoms with van der Waals surface area (Å²) in [4.78, 5) is 20.5. The average Bonchev–Trinajstić information content (AvgIpc) is 2.03. The van der Waals surface area contributed by atoms with E-state index >= 15 is 0 Å². The number of nitro groups is 1. The van der Waals surface area contributed by atoms with Crippen molar-refractivity contribution < 1.29 is 9.72 Å². The predicted octanol–water partition coefficient (Wildman–Crippen LogP) is 0.982. The minimum Gasteiger partial charge on any atom is -0.366 e. The fourth-order valence-electron chi connectivity index (χ4n) is 0.877. The Morgan fingerprint density at radius 3 is 2.62 bits per heavy atom. The number of hydrogen-bond donors (Lipinski definition) is 2. The molecule has 0 aliphatic rings. The molecule has 68 valence electrons. The third kappa shape index (κ3) is 1.78. The van der Waals surface area contributed by atoms with Crippen LogP contribution in [0.3, 0.4) is 0 Å². The Kier molecular flexibility index (Phi) is 2.52. The predicted molar refractivity (Wildman–Crippen MR) is 48.9 cm³/mol. The normalized spacial score (nSPS) is 9.62. The molecule has 0 radical (unpaired) electrons. The lowest BCUT2D eigenvalue weighted by molar-refractivity contribution is -0.387. The molecular formula is C7H6N2O3S. The van der Waals surface area contributed by atoms with E-state index in [9.17, 15) is 14.9 Å². The molecule has 5 nitrogen and oxygen atoms in total. The summed E-state index contributed by atoms with van der Waals surface area (Å²) < 4.78 is 0. The summed E-state index contributed by atoms with van der Waals surface area (Å²) >= 11 is 3.85. The van der Waals surface area contributed by atoms with Crippen LogP contribution in [0.4, 0.5) is 5.69 Å². The number of nitrogens with two attached hydrogens (primary N) is 1. The zero-order chi connectivity index (χ0) is 10.0. The van der Waals surface area contributed by atoms with Crippen molar-refractivity contribution in [2.45, 2.75) is 4.90 Å². The highest BCUT2D eigenvalue weighted by Crippen LogP contribution is 2.25. The van der Waals surface area contributed by atoms with E-state index in [2.05, 4.69) is 12.6 Å². The first-order chi connectivity index (χ1) is 6.04. The minimum atomic E-state index is -0.728. The second kappa shape index (κ2) is 3.44. The maximum atomic E-state index is 10.7. The average molecular weight is 198 g/mol. The number of carbonyl (C=O) groups is 1. The molecule has 1 aromatic rings. The lowest BCUT2D eigenvalue weighted by atomic mass is 10.2. The topological polar surface area (TPSA) is 86.2 Å². The number of hydrogen-bond acceptors (Lipinski definition) is 4. The van der Waals surface area contributed by atoms with Crippen LogP contribution in [-0.4, -0.2) is 10.8 Å². The van der Waals surface area contributed by atoms with Gasteiger partial charge in [0.25, 0.3) is 5.69 Å². The molecule has 0 spiro atoms. The fourth-order valence-corrected chi connectivity index (χ4v) is 1.22. The van der Waals surface area contributed by atoms with E-state index in [0.717, 1.165) is 0 Å². The first kappa shape index (κ1) is 9.53. The van der Waals surface area contributed by atoms with Crippen LogP contribution in [0.1, 0.15) is 10.4 Å². The van der Waals surface area contributed by atoms with Crippen molar-refractivity contribution in [3.05, 3.63) is 33.9 Å². The summed E-state index contributed by atoms with van der Waals surface area (Å²) in [5.41, 5.74) is 4.80. The van der Waals surface area contributed by atoms with Crippen LogP contribution in [0, 0.1) is 10.1 Å². The number of thiol groups is 1. The lowest BCUT2D eigenvalue weighted by Crippen LogP contribution is -2.12. The van der Waals surface area contributed by atoms with Crippen molar-refractivity contribution in [2.75, 3.05) is 0 Å². The zero-order valence-electron chi connectivity index (χ0n) is 6.43. The minimum absolute atomic E-state index is 0.000000000000000444. The first-order valence-electron chi connectivity index (χ1n) is 3.30. The molecule has 13 heavy (non-hydrogen) atoms. The van der Waals surface area contributed by atoms with Gasteiger partial charge in [0.05, 0.1) is 15.4 Å². The van der Waals surface area contributed by atoms with E-state index in [0.29, 0.717) is 0 Å². The van der Waals surface area contributed by atoms with E-state index in [1.165, 1.54) is 18.2 Å². The van der Waals surface area contributed by atoms with Gasteiger partial charge in [-0.3, -0.25) is 14.9 Å². The quantitative estimate of drug-likeness (QED) is 0.422. The van der Waals surface area contributed by atoms with Crippen LogP contribution in [0.25, 0.3) is 0 Å². The van der Waals surface area contributed by atoms with Gasteiger partial charge in [0.2, 0.25) is 5.91 Å². The molecule has 0 fully saturated rings. The van der Waals surface area contributed by atoms with Crippen molar-refractivity contribution >= 4 is 24.2 Å². The monoisotopic (exact) mass is 198 g/mol. The third-order valence-electron chi connectivity index (χ3n) is 1.48. The van der Waals surface area contributed by atoms with Crippen molar-refractivity contribution in [1.29, 1.82) is 0 Å². The number of rotatable bonds is 2. The number of nitrogens with zero attached hydrogens (tertiary/aromatic N) is 1. The van der Waals surface area contributed by atoms with E-state index in [4.69, 9.17) is 5.73 Å². The first-order valence-corrected chi connectivity index (χ1v) is 3.75. The van der Waals surface area contributed by atoms with Gasteiger partial charge in [-0.15, -0.1) is 12.6 Å². The van der Waals surface area contributed by atoms with Gasteiger partial charge in [0.1, 0.15) is 0 Å². The number of amides is 1. The van der Waals surface area contributed by atoms with Gasteiger partial charge >= 0.3 is 0 Å². The second-order valence-electron chi connectivity index (χ2n) is 2.29. The molecule has 0 aromatic heterocycles. The third-order valence-corrected chi connectivity index (χ3v) is 1.95. The molecule has 1 amide bonds. The van der Waals surface area contributed by atoms with Gasteiger partial charge in [-0.2, -0.15) is 0 Å². The van der Waals surface area contributed by atoms with E-state index < -0.39 is 10.8 Å². The van der Waals surface area contributed by atoms with Crippen LogP contribution in [0.5, 0.6) is 0 Å². The summed E-state index contributed by atoms with van der Waals surface area (Å²) in [7, 11) is 0. The summed E-state index contributed by atoms with van der Waals surface area (Å²) in [5.74, 6) is -0.728. The van der Waals surface area contributed by atoms with Gasteiger partial charge in [-0.1, -0.05) is 6.07 Å². The van der Waals surface area contributed by atoms with Gasteiger partial charge in [-0.25, -0.2) is 0 Å². The Balaban J connectivity index is 3.35. The summed E-state index contributed by atoms with van der Waals surface area (Å²) in [5, 5.41) is 10.4. The van der Waals surface area contributed by atoms with Crippen molar-refractivity contribution in [1.82, 2.24) is 0 Å². The van der Waals surface area contributed by atoms with Gasteiger partial charge in [0, 0.05) is 6.07 Å². The molecule has 1 rings (SSSR count).